The number of nitrogens with zero attached hydrogens (tertiary/aromatic N) is 1. The second-order valence-corrected chi connectivity index (χ2v) is 8.65. The van der Waals surface area contributed by atoms with E-state index in [4.69, 9.17) is 9.47 Å². The van der Waals surface area contributed by atoms with Gasteiger partial charge in [0, 0.05) is 22.4 Å². The van der Waals surface area contributed by atoms with Crippen molar-refractivity contribution in [2.24, 2.45) is 11.3 Å². The van der Waals surface area contributed by atoms with Gasteiger partial charge in [-0.15, -0.1) is 0 Å². The lowest BCUT2D eigenvalue weighted by Crippen LogP contribution is -2.71. The lowest BCUT2D eigenvalue weighted by molar-refractivity contribution is -0.187. The lowest BCUT2D eigenvalue weighted by atomic mass is 9.47. The van der Waals surface area contributed by atoms with Gasteiger partial charge in [-0.3, -0.25) is 0 Å². The number of benzene rings is 1. The van der Waals surface area contributed by atoms with Gasteiger partial charge in [0.15, 0.2) is 11.5 Å². The molecule has 5 rings (SSSR count). The van der Waals surface area contributed by atoms with Crippen LogP contribution in [-0.2, 0) is 11.8 Å². The Labute approximate surface area is 153 Å². The summed E-state index contributed by atoms with van der Waals surface area (Å²) in [5.41, 5.74) is 1.30. The van der Waals surface area contributed by atoms with Crippen molar-refractivity contribution < 1.29 is 24.8 Å². The number of piperidine rings is 1. The van der Waals surface area contributed by atoms with E-state index in [9.17, 15) is 15.3 Å². The van der Waals surface area contributed by atoms with E-state index in [0.717, 1.165) is 25.1 Å². The van der Waals surface area contributed by atoms with Crippen LogP contribution in [0.2, 0.25) is 0 Å². The second-order valence-electron chi connectivity index (χ2n) is 8.65. The average molecular weight is 361 g/mol. The van der Waals surface area contributed by atoms with E-state index in [1.165, 1.54) is 11.1 Å². The smallest absolute Gasteiger partial charge is 0.165 e. The largest absolute Gasteiger partial charge is 0.493 e. The van der Waals surface area contributed by atoms with Gasteiger partial charge in [-0.05, 0) is 50.4 Å². The number of aliphatic hydroxyl groups excluding tert-OH is 3. The van der Waals surface area contributed by atoms with E-state index < -0.39 is 17.6 Å². The van der Waals surface area contributed by atoms with E-state index in [2.05, 4.69) is 18.0 Å². The highest BCUT2D eigenvalue weighted by Crippen LogP contribution is 2.66. The van der Waals surface area contributed by atoms with Crippen molar-refractivity contribution in [2.75, 3.05) is 33.9 Å². The summed E-state index contributed by atoms with van der Waals surface area (Å²) in [5, 5.41) is 31.4. The first-order chi connectivity index (χ1) is 12.5. The molecule has 6 heteroatoms. The van der Waals surface area contributed by atoms with E-state index >= 15 is 0 Å². The summed E-state index contributed by atoms with van der Waals surface area (Å²) in [6.45, 7) is 0.469. The molecule has 0 aromatic heterocycles. The molecule has 2 bridgehead atoms. The van der Waals surface area contributed by atoms with Gasteiger partial charge in [-0.2, -0.15) is 0 Å². The number of ether oxygens (including phenoxy) is 2. The molecular weight excluding hydrogens is 334 g/mol. The molecule has 0 radical (unpaired) electrons. The average Bonchev–Trinajstić information content (AvgIpc) is 3.01. The topological polar surface area (TPSA) is 82.4 Å². The van der Waals surface area contributed by atoms with Gasteiger partial charge in [0.05, 0.1) is 20.3 Å². The van der Waals surface area contributed by atoms with Gasteiger partial charge in [0.2, 0.25) is 0 Å². The summed E-state index contributed by atoms with van der Waals surface area (Å²) in [6, 6.07) is 4.42. The van der Waals surface area contributed by atoms with Crippen molar-refractivity contribution in [3.8, 4) is 11.5 Å². The molecule has 3 N–H and O–H groups in total. The zero-order valence-electron chi connectivity index (χ0n) is 15.3. The minimum Gasteiger partial charge on any atom is -0.493 e. The molecule has 4 aliphatic rings. The summed E-state index contributed by atoms with van der Waals surface area (Å²) in [7, 11) is 3.80. The van der Waals surface area contributed by atoms with Gasteiger partial charge in [-0.25, -0.2) is 0 Å². The van der Waals surface area contributed by atoms with Crippen molar-refractivity contribution in [2.45, 2.75) is 42.9 Å². The molecule has 1 aromatic rings. The maximum absolute atomic E-state index is 11.2. The summed E-state index contributed by atoms with van der Waals surface area (Å²) >= 11 is 0. The molecule has 6 nitrogen and oxygen atoms in total. The fourth-order valence-electron chi connectivity index (χ4n) is 6.40. The number of likely N-dealkylation sites (tertiary alicyclic amines) is 1. The highest BCUT2D eigenvalue weighted by Gasteiger charge is 2.70. The Balaban J connectivity index is 1.76. The fourth-order valence-corrected chi connectivity index (χ4v) is 6.40. The fraction of sp³-hybridized carbons (Fsp3) is 0.700. The molecule has 26 heavy (non-hydrogen) atoms. The highest BCUT2D eigenvalue weighted by atomic mass is 16.5. The summed E-state index contributed by atoms with van der Waals surface area (Å²) in [5.74, 6) is 1.69. The molecule has 5 atom stereocenters. The minimum absolute atomic E-state index is 0.231. The van der Waals surface area contributed by atoms with Crippen LogP contribution in [0.1, 0.15) is 24.0 Å². The zero-order valence-corrected chi connectivity index (χ0v) is 15.3. The third kappa shape index (κ3) is 1.72. The Hall–Kier alpha value is -1.34. The molecule has 142 valence electrons. The van der Waals surface area contributed by atoms with Crippen LogP contribution in [0.3, 0.4) is 0 Å². The van der Waals surface area contributed by atoms with Crippen molar-refractivity contribution in [1.29, 1.82) is 0 Å². The van der Waals surface area contributed by atoms with Gasteiger partial charge >= 0.3 is 0 Å². The second kappa shape index (κ2) is 5.35. The number of rotatable bonds is 3. The van der Waals surface area contributed by atoms with Crippen LogP contribution >= 0.6 is 0 Å². The number of methoxy groups -OCH3 is 1. The van der Waals surface area contributed by atoms with Crippen molar-refractivity contribution >= 4 is 0 Å². The number of likely N-dealkylation sites (N-methyl/N-ethyl adjacent to an activating group) is 1. The van der Waals surface area contributed by atoms with Crippen molar-refractivity contribution in [3.05, 3.63) is 23.3 Å². The Kier molecular flexibility index (Phi) is 3.46. The molecule has 1 spiro atoms. The quantitative estimate of drug-likeness (QED) is 0.719. The predicted octanol–water partition coefficient (Wildman–Crippen LogP) is 0.306. The zero-order chi connectivity index (χ0) is 18.3. The Bertz CT molecular complexity index is 748. The molecular formula is C20H27NO5. The molecule has 1 saturated carbocycles. The van der Waals surface area contributed by atoms with E-state index in [1.54, 1.807) is 7.11 Å². The van der Waals surface area contributed by atoms with Gasteiger partial charge in [0.25, 0.3) is 0 Å². The van der Waals surface area contributed by atoms with Crippen LogP contribution in [0.25, 0.3) is 0 Å². The molecule has 1 saturated heterocycles. The normalized spacial score (nSPS) is 39.3. The minimum atomic E-state index is -0.929. The molecule has 2 aliphatic carbocycles. The molecule has 2 unspecified atom stereocenters. The number of hydrogen-bond donors (Lipinski definition) is 3. The lowest BCUT2D eigenvalue weighted by Gasteiger charge is -2.62. The first-order valence-corrected chi connectivity index (χ1v) is 9.49. The third-order valence-corrected chi connectivity index (χ3v) is 7.82. The summed E-state index contributed by atoms with van der Waals surface area (Å²) in [4.78, 5) is 2.40. The Morgan fingerprint density at radius 1 is 1.31 bits per heavy atom. The maximum atomic E-state index is 11.2. The van der Waals surface area contributed by atoms with E-state index in [1.807, 2.05) is 6.07 Å². The van der Waals surface area contributed by atoms with Crippen LogP contribution in [0.15, 0.2) is 12.1 Å². The Morgan fingerprint density at radius 3 is 2.77 bits per heavy atom. The monoisotopic (exact) mass is 361 g/mol. The van der Waals surface area contributed by atoms with Crippen molar-refractivity contribution in [3.63, 3.8) is 0 Å². The third-order valence-electron chi connectivity index (χ3n) is 7.82. The van der Waals surface area contributed by atoms with E-state index in [0.29, 0.717) is 18.2 Å². The summed E-state index contributed by atoms with van der Waals surface area (Å²) in [6.07, 6.45) is 1.07. The standard InChI is InChI=1S/C20H27NO5/c1-21-6-5-20-12-8-19(9-22,10-23)17(24)18(20)26-16-14(25-2)4-3-11(15(16)20)7-13(12)21/h3-4,12-13,17-18,22-24H,5-10H2,1-2H3/t12-,13+,17?,18?,20-/m0/s1. The van der Waals surface area contributed by atoms with Crippen LogP contribution < -0.4 is 9.47 Å². The molecule has 1 aromatic carbocycles. The summed E-state index contributed by atoms with van der Waals surface area (Å²) < 4.78 is 11.9. The molecule has 2 heterocycles. The number of aliphatic hydroxyl groups is 3. The molecule has 2 fully saturated rings. The van der Waals surface area contributed by atoms with Gasteiger partial charge in [-0.1, -0.05) is 6.07 Å². The van der Waals surface area contributed by atoms with Gasteiger partial charge < -0.3 is 29.7 Å². The van der Waals surface area contributed by atoms with Crippen LogP contribution in [-0.4, -0.2) is 72.4 Å². The van der Waals surface area contributed by atoms with Crippen LogP contribution in [0.5, 0.6) is 11.5 Å². The van der Waals surface area contributed by atoms with Crippen molar-refractivity contribution in [1.82, 2.24) is 4.90 Å². The van der Waals surface area contributed by atoms with E-state index in [-0.39, 0.29) is 24.5 Å². The predicted molar refractivity (Wildman–Crippen MR) is 94.5 cm³/mol. The molecule has 2 aliphatic heterocycles. The molecule has 0 amide bonds. The Morgan fingerprint density at radius 2 is 2.08 bits per heavy atom. The van der Waals surface area contributed by atoms with Gasteiger partial charge in [0.1, 0.15) is 12.2 Å². The number of hydrogen-bond acceptors (Lipinski definition) is 6. The first-order valence-electron chi connectivity index (χ1n) is 9.49. The SMILES string of the molecule is COc1ccc2c3c1OC1C(O)C(CO)(CO)C[C@H]4[C@@H](C2)N(C)CC[C@]314. The van der Waals surface area contributed by atoms with Crippen LogP contribution in [0.4, 0.5) is 0 Å². The maximum Gasteiger partial charge on any atom is 0.165 e. The highest BCUT2D eigenvalue weighted by molar-refractivity contribution is 5.61. The first kappa shape index (κ1) is 16.8. The van der Waals surface area contributed by atoms with Crippen LogP contribution in [0, 0.1) is 11.3 Å².